The summed E-state index contributed by atoms with van der Waals surface area (Å²) in [4.78, 5) is 33.4. The quantitative estimate of drug-likeness (QED) is 0.247. The number of hydrogen-bond acceptors (Lipinski definition) is 12. The molecule has 35 heavy (non-hydrogen) atoms. The van der Waals surface area contributed by atoms with Crippen molar-refractivity contribution in [2.45, 2.75) is 27.7 Å². The zero-order valence-electron chi connectivity index (χ0n) is 19.1. The van der Waals surface area contributed by atoms with Gasteiger partial charge >= 0.3 is 16.8 Å². The topological polar surface area (TPSA) is 236 Å². The van der Waals surface area contributed by atoms with Crippen LogP contribution in [0.25, 0.3) is 22.1 Å². The molecule has 0 aliphatic heterocycles. The van der Waals surface area contributed by atoms with Crippen LogP contribution in [0.2, 0.25) is 0 Å². The molecule has 0 aliphatic rings. The molecular weight excluding hydrogens is 507 g/mol. The van der Waals surface area contributed by atoms with E-state index in [0.717, 1.165) is 33.5 Å². The van der Waals surface area contributed by atoms with Crippen LogP contribution in [-0.2, 0) is 16.8 Å². The number of fused-ring (bicyclic) bond motifs is 2. The summed E-state index contributed by atoms with van der Waals surface area (Å²) in [5.41, 5.74) is 16.9. The number of nitrogen functional groups attached to an aromatic ring is 2. The van der Waals surface area contributed by atoms with Crippen LogP contribution in [0.1, 0.15) is 22.5 Å². The van der Waals surface area contributed by atoms with Gasteiger partial charge in [0.05, 0.1) is 10.2 Å². The standard InChI is InChI=1S/2C10H11N3.Co.2NO3/c2*1-6-5-7(2)12-10-8(6)3-4-9(11)13-10;;2*2-1(3)4/h2*3-5H,1-2H3,(H2,11,12,13);;;/q;;+2;2*-1. The summed E-state index contributed by atoms with van der Waals surface area (Å²) in [6.07, 6.45) is 0. The van der Waals surface area contributed by atoms with Crippen molar-refractivity contribution in [1.29, 1.82) is 0 Å². The van der Waals surface area contributed by atoms with E-state index < -0.39 is 10.2 Å². The maximum absolute atomic E-state index is 8.25. The summed E-state index contributed by atoms with van der Waals surface area (Å²) < 4.78 is 0. The predicted molar refractivity (Wildman–Crippen MR) is 128 cm³/mol. The van der Waals surface area contributed by atoms with E-state index in [0.29, 0.717) is 11.6 Å². The molecule has 4 rings (SSSR count). The molecule has 0 saturated heterocycles. The van der Waals surface area contributed by atoms with Gasteiger partial charge in [0.2, 0.25) is 0 Å². The SMILES string of the molecule is Cc1cc(C)c2ccc(N)nc2n1.Cc1cc(C)c2ccc(N)nc2n1.O=[N+]([O-])[O-].O=[N+]([O-])[O-].[Co+2]. The largest absolute Gasteiger partial charge is 2.00 e. The second kappa shape index (κ2) is 14.0. The van der Waals surface area contributed by atoms with E-state index >= 15 is 0 Å². The Morgan fingerprint density at radius 1 is 0.629 bits per heavy atom. The molecule has 0 fully saturated rings. The summed E-state index contributed by atoms with van der Waals surface area (Å²) in [6, 6.07) is 11.6. The van der Waals surface area contributed by atoms with Crippen molar-refractivity contribution in [3.05, 3.63) is 89.6 Å². The number of nitrogens with two attached hydrogens (primary N) is 2. The number of aromatic nitrogens is 4. The molecule has 4 aromatic rings. The Hall–Kier alpha value is -4.37. The van der Waals surface area contributed by atoms with Crippen molar-refractivity contribution < 1.29 is 27.0 Å². The average molecular weight is 529 g/mol. The Kier molecular flexibility index (Phi) is 12.3. The number of pyridine rings is 4. The Labute approximate surface area is 209 Å². The molecule has 15 heteroatoms. The molecule has 4 aromatic heterocycles. The van der Waals surface area contributed by atoms with Gasteiger partial charge in [0.25, 0.3) is 0 Å². The average Bonchev–Trinajstić information content (AvgIpc) is 2.66. The van der Waals surface area contributed by atoms with E-state index in [4.69, 9.17) is 42.1 Å². The van der Waals surface area contributed by atoms with Crippen molar-refractivity contribution in [2.24, 2.45) is 0 Å². The van der Waals surface area contributed by atoms with E-state index in [1.165, 1.54) is 11.1 Å². The van der Waals surface area contributed by atoms with Gasteiger partial charge in [-0.15, -0.1) is 0 Å². The van der Waals surface area contributed by atoms with Crippen molar-refractivity contribution in [3.63, 3.8) is 0 Å². The fraction of sp³-hybridized carbons (Fsp3) is 0.200. The minimum absolute atomic E-state index is 0. The summed E-state index contributed by atoms with van der Waals surface area (Å²) in [5, 5.41) is 31.6. The van der Waals surface area contributed by atoms with Gasteiger partial charge in [0.15, 0.2) is 11.3 Å². The molecule has 4 heterocycles. The molecule has 0 amide bonds. The molecular formula is C20H22CoN8O6. The van der Waals surface area contributed by atoms with Gasteiger partial charge in [-0.05, 0) is 75.2 Å². The van der Waals surface area contributed by atoms with Gasteiger partial charge in [-0.1, -0.05) is 0 Å². The monoisotopic (exact) mass is 529 g/mol. The van der Waals surface area contributed by atoms with Crippen LogP contribution in [0.5, 0.6) is 0 Å². The number of hydrogen-bond donors (Lipinski definition) is 2. The molecule has 0 bridgehead atoms. The minimum Gasteiger partial charge on any atom is -0.384 e. The Morgan fingerprint density at radius 2 is 0.914 bits per heavy atom. The first-order valence-corrected chi connectivity index (χ1v) is 9.44. The number of rotatable bonds is 0. The molecule has 0 unspecified atom stereocenters. The third kappa shape index (κ3) is 10.9. The van der Waals surface area contributed by atoms with Crippen LogP contribution >= 0.6 is 0 Å². The smallest absolute Gasteiger partial charge is 0.384 e. The zero-order chi connectivity index (χ0) is 26.0. The zero-order valence-corrected chi connectivity index (χ0v) is 20.1. The van der Waals surface area contributed by atoms with Crippen molar-refractivity contribution in [2.75, 3.05) is 11.5 Å². The second-order valence-corrected chi connectivity index (χ2v) is 6.82. The van der Waals surface area contributed by atoms with Crippen molar-refractivity contribution >= 4 is 33.7 Å². The van der Waals surface area contributed by atoms with Crippen LogP contribution in [0.15, 0.2) is 36.4 Å². The summed E-state index contributed by atoms with van der Waals surface area (Å²) >= 11 is 0. The first-order valence-electron chi connectivity index (χ1n) is 9.44. The molecule has 187 valence electrons. The first kappa shape index (κ1) is 30.6. The van der Waals surface area contributed by atoms with E-state index in [1.807, 2.05) is 38.1 Å². The molecule has 0 spiro atoms. The van der Waals surface area contributed by atoms with Crippen molar-refractivity contribution in [3.8, 4) is 0 Å². The van der Waals surface area contributed by atoms with Crippen LogP contribution < -0.4 is 11.5 Å². The van der Waals surface area contributed by atoms with Crippen molar-refractivity contribution in [1.82, 2.24) is 19.9 Å². The third-order valence-corrected chi connectivity index (χ3v) is 4.06. The molecule has 14 nitrogen and oxygen atoms in total. The number of aryl methyl sites for hydroxylation is 4. The van der Waals surface area contributed by atoms with Gasteiger partial charge in [-0.25, -0.2) is 19.9 Å². The second-order valence-electron chi connectivity index (χ2n) is 6.82. The van der Waals surface area contributed by atoms with Gasteiger partial charge in [-0.3, -0.25) is 0 Å². The Balaban J connectivity index is 0.000000499. The van der Waals surface area contributed by atoms with Gasteiger partial charge in [-0.2, -0.15) is 0 Å². The normalized spacial score (nSPS) is 9.26. The van der Waals surface area contributed by atoms with Gasteiger partial charge in [0.1, 0.15) is 11.6 Å². The van der Waals surface area contributed by atoms with E-state index in [1.54, 1.807) is 12.1 Å². The van der Waals surface area contributed by atoms with Crippen LogP contribution in [0.4, 0.5) is 11.6 Å². The fourth-order valence-corrected chi connectivity index (χ4v) is 2.89. The van der Waals surface area contributed by atoms with E-state index in [-0.39, 0.29) is 16.8 Å². The van der Waals surface area contributed by atoms with Crippen LogP contribution in [0, 0.1) is 58.3 Å². The fourth-order valence-electron chi connectivity index (χ4n) is 2.89. The number of anilines is 2. The molecule has 0 aromatic carbocycles. The maximum Gasteiger partial charge on any atom is 2.00 e. The predicted octanol–water partition coefficient (Wildman–Crippen LogP) is 3.18. The Bertz CT molecular complexity index is 1200. The molecule has 0 saturated carbocycles. The summed E-state index contributed by atoms with van der Waals surface area (Å²) in [6.45, 7) is 8.01. The number of nitrogens with zero attached hydrogens (tertiary/aromatic N) is 6. The molecule has 0 atom stereocenters. The third-order valence-electron chi connectivity index (χ3n) is 4.06. The minimum atomic E-state index is -1.75. The first-order chi connectivity index (χ1) is 15.8. The molecule has 0 aliphatic carbocycles. The maximum atomic E-state index is 8.25. The van der Waals surface area contributed by atoms with Gasteiger partial charge in [0, 0.05) is 22.2 Å². The molecule has 1 radical (unpaired) electrons. The van der Waals surface area contributed by atoms with Crippen LogP contribution in [0.3, 0.4) is 0 Å². The Morgan fingerprint density at radius 3 is 1.20 bits per heavy atom. The van der Waals surface area contributed by atoms with Gasteiger partial charge < -0.3 is 42.1 Å². The summed E-state index contributed by atoms with van der Waals surface area (Å²) in [7, 11) is 0. The molecule has 4 N–H and O–H groups in total. The van der Waals surface area contributed by atoms with Crippen LogP contribution in [-0.4, -0.2) is 30.1 Å². The van der Waals surface area contributed by atoms with E-state index in [9.17, 15) is 0 Å². The van der Waals surface area contributed by atoms with E-state index in [2.05, 4.69) is 33.8 Å². The summed E-state index contributed by atoms with van der Waals surface area (Å²) in [5.74, 6) is 1.04.